The molecule has 3 heteroatoms. The Morgan fingerprint density at radius 3 is 2.44 bits per heavy atom. The van der Waals surface area contributed by atoms with Gasteiger partial charge >= 0.3 is 0 Å². The third kappa shape index (κ3) is 2.59. The number of rotatable bonds is 3. The van der Waals surface area contributed by atoms with E-state index in [1.165, 1.54) is 19.3 Å². The van der Waals surface area contributed by atoms with Gasteiger partial charge in [-0.05, 0) is 30.7 Å². The Bertz CT molecular complexity index is 307. The first kappa shape index (κ1) is 11.5. The minimum absolute atomic E-state index is 0.352. The molecule has 1 heterocycles. The van der Waals surface area contributed by atoms with Crippen LogP contribution in [0.25, 0.3) is 0 Å². The van der Waals surface area contributed by atoms with Crippen LogP contribution in [0, 0.1) is 11.8 Å². The summed E-state index contributed by atoms with van der Waals surface area (Å²) in [6.07, 6.45) is 8.89. The number of aliphatic hydroxyl groups is 1. The highest BCUT2D eigenvalue weighted by molar-refractivity contribution is 4.95. The van der Waals surface area contributed by atoms with E-state index in [1.54, 1.807) is 18.5 Å². The Morgan fingerprint density at radius 2 is 1.88 bits per heavy atom. The van der Waals surface area contributed by atoms with E-state index in [4.69, 9.17) is 0 Å². The lowest BCUT2D eigenvalue weighted by molar-refractivity contribution is 0.0659. The summed E-state index contributed by atoms with van der Waals surface area (Å²) in [5.74, 6) is 1.80. The van der Waals surface area contributed by atoms with Gasteiger partial charge in [0.15, 0.2) is 5.82 Å². The summed E-state index contributed by atoms with van der Waals surface area (Å²) in [6.45, 7) is 2.25. The molecule has 1 saturated carbocycles. The standard InChI is InChI=1S/C13H20N2O/c1-2-10-4-6-11(7-5-10)12(16)13-14-8-3-9-15-13/h3,8-12,16H,2,4-7H2,1H3. The fourth-order valence-electron chi connectivity index (χ4n) is 2.59. The third-order valence-electron chi connectivity index (χ3n) is 3.77. The summed E-state index contributed by atoms with van der Waals surface area (Å²) in [5.41, 5.74) is 0. The van der Waals surface area contributed by atoms with Crippen LogP contribution >= 0.6 is 0 Å². The van der Waals surface area contributed by atoms with Crippen molar-refractivity contribution < 1.29 is 5.11 Å². The number of aliphatic hydroxyl groups excluding tert-OH is 1. The summed E-state index contributed by atoms with van der Waals surface area (Å²) in [5, 5.41) is 10.2. The number of aromatic nitrogens is 2. The van der Waals surface area contributed by atoms with Crippen LogP contribution in [0.4, 0.5) is 0 Å². The van der Waals surface area contributed by atoms with Crippen molar-refractivity contribution in [2.45, 2.75) is 45.1 Å². The largest absolute Gasteiger partial charge is 0.385 e. The van der Waals surface area contributed by atoms with E-state index in [0.717, 1.165) is 18.8 Å². The number of nitrogens with zero attached hydrogens (tertiary/aromatic N) is 2. The second-order valence-corrected chi connectivity index (χ2v) is 4.74. The highest BCUT2D eigenvalue weighted by atomic mass is 16.3. The van der Waals surface area contributed by atoms with E-state index < -0.39 is 6.10 Å². The Morgan fingerprint density at radius 1 is 1.25 bits per heavy atom. The zero-order valence-corrected chi connectivity index (χ0v) is 9.84. The van der Waals surface area contributed by atoms with E-state index in [1.807, 2.05) is 0 Å². The summed E-state index contributed by atoms with van der Waals surface area (Å²) >= 11 is 0. The molecule has 1 unspecified atom stereocenters. The molecule has 1 aromatic heterocycles. The molecule has 1 aromatic rings. The predicted molar refractivity (Wildman–Crippen MR) is 62.7 cm³/mol. The van der Waals surface area contributed by atoms with Crippen LogP contribution in [0.15, 0.2) is 18.5 Å². The molecule has 1 atom stereocenters. The minimum Gasteiger partial charge on any atom is -0.385 e. The van der Waals surface area contributed by atoms with Crippen molar-refractivity contribution in [2.75, 3.05) is 0 Å². The van der Waals surface area contributed by atoms with Gasteiger partial charge < -0.3 is 5.11 Å². The van der Waals surface area contributed by atoms with E-state index in [2.05, 4.69) is 16.9 Å². The maximum atomic E-state index is 10.2. The molecule has 3 nitrogen and oxygen atoms in total. The molecule has 0 aromatic carbocycles. The lowest BCUT2D eigenvalue weighted by Gasteiger charge is -2.30. The molecule has 0 amide bonds. The van der Waals surface area contributed by atoms with Gasteiger partial charge in [-0.1, -0.05) is 26.2 Å². The first-order chi connectivity index (χ1) is 7.81. The lowest BCUT2D eigenvalue weighted by Crippen LogP contribution is -2.21. The molecule has 1 N–H and O–H groups in total. The van der Waals surface area contributed by atoms with Gasteiger partial charge in [-0.2, -0.15) is 0 Å². The zero-order chi connectivity index (χ0) is 11.4. The average Bonchev–Trinajstić information content (AvgIpc) is 2.39. The Hall–Kier alpha value is -0.960. The van der Waals surface area contributed by atoms with Gasteiger partial charge in [0.25, 0.3) is 0 Å². The van der Waals surface area contributed by atoms with E-state index >= 15 is 0 Å². The van der Waals surface area contributed by atoms with Crippen molar-refractivity contribution in [3.8, 4) is 0 Å². The van der Waals surface area contributed by atoms with Gasteiger partial charge in [0.1, 0.15) is 6.10 Å². The number of hydrogen-bond acceptors (Lipinski definition) is 3. The fourth-order valence-corrected chi connectivity index (χ4v) is 2.59. The van der Waals surface area contributed by atoms with Crippen LogP contribution in [-0.4, -0.2) is 15.1 Å². The van der Waals surface area contributed by atoms with Crippen LogP contribution < -0.4 is 0 Å². The van der Waals surface area contributed by atoms with Crippen LogP contribution in [0.5, 0.6) is 0 Å². The fraction of sp³-hybridized carbons (Fsp3) is 0.692. The molecule has 1 fully saturated rings. The topological polar surface area (TPSA) is 46.0 Å². The van der Waals surface area contributed by atoms with Crippen molar-refractivity contribution in [2.24, 2.45) is 11.8 Å². The number of hydrogen-bond donors (Lipinski definition) is 1. The second kappa shape index (κ2) is 5.39. The molecule has 1 aliphatic rings. The van der Waals surface area contributed by atoms with Gasteiger partial charge in [0.05, 0.1) is 0 Å². The molecule has 0 bridgehead atoms. The van der Waals surface area contributed by atoms with Gasteiger partial charge in [-0.3, -0.25) is 0 Å². The average molecular weight is 220 g/mol. The molecule has 0 spiro atoms. The normalized spacial score (nSPS) is 27.6. The summed E-state index contributed by atoms with van der Waals surface area (Å²) < 4.78 is 0. The van der Waals surface area contributed by atoms with Crippen molar-refractivity contribution >= 4 is 0 Å². The van der Waals surface area contributed by atoms with Gasteiger partial charge in [0, 0.05) is 12.4 Å². The molecule has 0 aliphatic heterocycles. The van der Waals surface area contributed by atoms with Gasteiger partial charge in [0.2, 0.25) is 0 Å². The summed E-state index contributed by atoms with van der Waals surface area (Å²) in [4.78, 5) is 8.26. The molecule has 16 heavy (non-hydrogen) atoms. The quantitative estimate of drug-likeness (QED) is 0.852. The van der Waals surface area contributed by atoms with Crippen LogP contribution in [0.1, 0.15) is 51.0 Å². The van der Waals surface area contributed by atoms with Crippen molar-refractivity contribution in [1.82, 2.24) is 9.97 Å². The molecular formula is C13H20N2O. The maximum absolute atomic E-state index is 10.2. The Labute approximate surface area is 96.9 Å². The molecular weight excluding hydrogens is 200 g/mol. The smallest absolute Gasteiger partial charge is 0.157 e. The van der Waals surface area contributed by atoms with E-state index in [9.17, 15) is 5.11 Å². The van der Waals surface area contributed by atoms with Gasteiger partial charge in [-0.15, -0.1) is 0 Å². The molecule has 2 rings (SSSR count). The monoisotopic (exact) mass is 220 g/mol. The summed E-state index contributed by atoms with van der Waals surface area (Å²) in [7, 11) is 0. The zero-order valence-electron chi connectivity index (χ0n) is 9.84. The molecule has 0 radical (unpaired) electrons. The van der Waals surface area contributed by atoms with Crippen LogP contribution in [0.3, 0.4) is 0 Å². The van der Waals surface area contributed by atoms with E-state index in [0.29, 0.717) is 11.7 Å². The molecule has 1 aliphatic carbocycles. The molecule has 88 valence electrons. The van der Waals surface area contributed by atoms with Gasteiger partial charge in [-0.25, -0.2) is 9.97 Å². The third-order valence-corrected chi connectivity index (χ3v) is 3.77. The van der Waals surface area contributed by atoms with Crippen molar-refractivity contribution in [3.63, 3.8) is 0 Å². The Balaban J connectivity index is 1.94. The van der Waals surface area contributed by atoms with E-state index in [-0.39, 0.29) is 0 Å². The van der Waals surface area contributed by atoms with Crippen LogP contribution in [0.2, 0.25) is 0 Å². The first-order valence-corrected chi connectivity index (χ1v) is 6.26. The van der Waals surface area contributed by atoms with Crippen molar-refractivity contribution in [3.05, 3.63) is 24.3 Å². The minimum atomic E-state index is -0.473. The van der Waals surface area contributed by atoms with Crippen molar-refractivity contribution in [1.29, 1.82) is 0 Å². The highest BCUT2D eigenvalue weighted by Gasteiger charge is 2.27. The maximum Gasteiger partial charge on any atom is 0.157 e. The van der Waals surface area contributed by atoms with Crippen LogP contribution in [-0.2, 0) is 0 Å². The first-order valence-electron chi connectivity index (χ1n) is 6.26. The lowest BCUT2D eigenvalue weighted by atomic mass is 9.78. The Kier molecular flexibility index (Phi) is 3.88. The molecule has 0 saturated heterocycles. The SMILES string of the molecule is CCC1CCC(C(O)c2ncccn2)CC1. The highest BCUT2D eigenvalue weighted by Crippen LogP contribution is 2.36. The summed E-state index contributed by atoms with van der Waals surface area (Å²) in [6, 6.07) is 1.78. The predicted octanol–water partition coefficient (Wildman–Crippen LogP) is 2.73. The second-order valence-electron chi connectivity index (χ2n) is 4.74.